The van der Waals surface area contributed by atoms with Crippen LogP contribution in [0.5, 0.6) is 0 Å². The lowest BCUT2D eigenvalue weighted by Gasteiger charge is -2.35. The van der Waals surface area contributed by atoms with Gasteiger partial charge in [-0.2, -0.15) is 0 Å². The first-order valence-corrected chi connectivity index (χ1v) is 7.90. The molecule has 2 aromatic rings. The molecule has 3 rings (SSSR count). The molecule has 1 unspecified atom stereocenters. The summed E-state index contributed by atoms with van der Waals surface area (Å²) in [5.41, 5.74) is 6.01. The van der Waals surface area contributed by atoms with Crippen molar-refractivity contribution in [2.24, 2.45) is 0 Å². The Morgan fingerprint density at radius 2 is 2.30 bits per heavy atom. The maximum absolute atomic E-state index is 6.01. The van der Waals surface area contributed by atoms with Crippen LogP contribution in [0, 0.1) is 0 Å². The molecule has 1 saturated heterocycles. The average Bonchev–Trinajstić information content (AvgIpc) is 2.88. The van der Waals surface area contributed by atoms with Crippen molar-refractivity contribution in [1.29, 1.82) is 0 Å². The van der Waals surface area contributed by atoms with Crippen LogP contribution in [-0.4, -0.2) is 53.0 Å². The van der Waals surface area contributed by atoms with Crippen LogP contribution in [-0.2, 0) is 6.54 Å². The van der Waals surface area contributed by atoms with Gasteiger partial charge in [0.05, 0.1) is 11.9 Å². The molecule has 0 saturated carbocycles. The van der Waals surface area contributed by atoms with Gasteiger partial charge in [0.2, 0.25) is 0 Å². The smallest absolute Gasteiger partial charge is 0.146 e. The number of rotatable bonds is 3. The van der Waals surface area contributed by atoms with E-state index in [4.69, 9.17) is 5.73 Å². The lowest BCUT2D eigenvalue weighted by Crippen LogP contribution is -2.44. The number of likely N-dealkylation sites (tertiary alicyclic amines) is 1. The Hall–Kier alpha value is -1.24. The largest absolute Gasteiger partial charge is 0.383 e. The van der Waals surface area contributed by atoms with E-state index in [0.29, 0.717) is 11.9 Å². The van der Waals surface area contributed by atoms with Crippen molar-refractivity contribution >= 4 is 27.4 Å². The summed E-state index contributed by atoms with van der Waals surface area (Å²) < 4.78 is 0. The summed E-state index contributed by atoms with van der Waals surface area (Å²) in [5, 5.41) is 2.99. The second-order valence-corrected chi connectivity index (χ2v) is 6.55. The zero-order valence-corrected chi connectivity index (χ0v) is 12.9. The van der Waals surface area contributed by atoms with Crippen LogP contribution in [0.1, 0.15) is 18.7 Å². The number of fused-ring (bicyclic) bond motifs is 1. The molecule has 0 bridgehead atoms. The van der Waals surface area contributed by atoms with E-state index >= 15 is 0 Å². The second kappa shape index (κ2) is 5.63. The van der Waals surface area contributed by atoms with Crippen LogP contribution in [0.3, 0.4) is 0 Å². The molecular formula is C14H21N5S. The summed E-state index contributed by atoms with van der Waals surface area (Å²) in [7, 11) is 4.31. The van der Waals surface area contributed by atoms with E-state index in [2.05, 4.69) is 33.9 Å². The van der Waals surface area contributed by atoms with Gasteiger partial charge < -0.3 is 10.6 Å². The topological polar surface area (TPSA) is 58.3 Å². The molecule has 0 aliphatic carbocycles. The summed E-state index contributed by atoms with van der Waals surface area (Å²) in [5.74, 6) is 1.45. The van der Waals surface area contributed by atoms with E-state index in [1.165, 1.54) is 12.8 Å². The monoisotopic (exact) mass is 291 g/mol. The number of thiophene rings is 1. The molecule has 0 aromatic carbocycles. The van der Waals surface area contributed by atoms with Crippen molar-refractivity contribution < 1.29 is 0 Å². The van der Waals surface area contributed by atoms with Crippen LogP contribution >= 0.6 is 11.3 Å². The van der Waals surface area contributed by atoms with E-state index in [-0.39, 0.29) is 0 Å². The number of anilines is 1. The number of aromatic nitrogens is 2. The standard InChI is InChI=1S/C14H21N5S/c1-18(2)10-4-3-6-19(8-10)9-12-16-13(15)11-5-7-20-14(11)17-12/h5,7,10H,3-4,6,8-9H2,1-2H3,(H2,15,16,17). The summed E-state index contributed by atoms with van der Waals surface area (Å²) in [6.07, 6.45) is 2.51. The number of likely N-dealkylation sites (N-methyl/N-ethyl adjacent to an activating group) is 1. The van der Waals surface area contributed by atoms with Gasteiger partial charge in [-0.05, 0) is 44.9 Å². The van der Waals surface area contributed by atoms with Gasteiger partial charge in [-0.25, -0.2) is 9.97 Å². The first-order chi connectivity index (χ1) is 9.63. The van der Waals surface area contributed by atoms with E-state index in [9.17, 15) is 0 Å². The zero-order chi connectivity index (χ0) is 14.1. The molecule has 3 heterocycles. The SMILES string of the molecule is CN(C)C1CCCN(Cc2nc(N)c3ccsc3n2)C1. The number of nitrogens with zero attached hydrogens (tertiary/aromatic N) is 4. The van der Waals surface area contributed by atoms with Gasteiger partial charge in [-0.15, -0.1) is 11.3 Å². The van der Waals surface area contributed by atoms with Gasteiger partial charge in [0, 0.05) is 12.6 Å². The van der Waals surface area contributed by atoms with Crippen LogP contribution in [0.15, 0.2) is 11.4 Å². The van der Waals surface area contributed by atoms with Gasteiger partial charge in [-0.1, -0.05) is 0 Å². The highest BCUT2D eigenvalue weighted by atomic mass is 32.1. The van der Waals surface area contributed by atoms with E-state index in [1.54, 1.807) is 11.3 Å². The highest BCUT2D eigenvalue weighted by molar-refractivity contribution is 7.16. The molecule has 20 heavy (non-hydrogen) atoms. The zero-order valence-electron chi connectivity index (χ0n) is 12.0. The molecule has 6 heteroatoms. The summed E-state index contributed by atoms with van der Waals surface area (Å²) in [6, 6.07) is 2.62. The second-order valence-electron chi connectivity index (χ2n) is 5.66. The van der Waals surface area contributed by atoms with Gasteiger partial charge in [0.1, 0.15) is 16.5 Å². The van der Waals surface area contributed by atoms with E-state index < -0.39 is 0 Å². The highest BCUT2D eigenvalue weighted by Gasteiger charge is 2.22. The Balaban J connectivity index is 1.75. The Morgan fingerprint density at radius 3 is 3.10 bits per heavy atom. The van der Waals surface area contributed by atoms with Gasteiger partial charge in [0.25, 0.3) is 0 Å². The predicted molar refractivity (Wildman–Crippen MR) is 83.8 cm³/mol. The number of hydrogen-bond donors (Lipinski definition) is 1. The van der Waals surface area contributed by atoms with Crippen molar-refractivity contribution in [3.8, 4) is 0 Å². The third-order valence-corrected chi connectivity index (χ3v) is 4.78. The molecule has 5 nitrogen and oxygen atoms in total. The number of piperidine rings is 1. The predicted octanol–water partition coefficient (Wildman–Crippen LogP) is 1.80. The number of nitrogen functional groups attached to an aromatic ring is 1. The first-order valence-electron chi connectivity index (χ1n) is 7.02. The molecule has 2 aromatic heterocycles. The summed E-state index contributed by atoms with van der Waals surface area (Å²) >= 11 is 1.63. The van der Waals surface area contributed by atoms with E-state index in [0.717, 1.165) is 35.7 Å². The molecule has 0 amide bonds. The van der Waals surface area contributed by atoms with Crippen molar-refractivity contribution in [3.05, 3.63) is 17.3 Å². The van der Waals surface area contributed by atoms with Crippen molar-refractivity contribution in [1.82, 2.24) is 19.8 Å². The van der Waals surface area contributed by atoms with Crippen molar-refractivity contribution in [2.45, 2.75) is 25.4 Å². The molecule has 1 aliphatic rings. The fraction of sp³-hybridized carbons (Fsp3) is 0.571. The lowest BCUT2D eigenvalue weighted by atomic mass is 10.1. The minimum absolute atomic E-state index is 0.604. The number of hydrogen-bond acceptors (Lipinski definition) is 6. The normalized spacial score (nSPS) is 20.9. The van der Waals surface area contributed by atoms with Crippen LogP contribution < -0.4 is 5.73 Å². The molecule has 108 valence electrons. The minimum Gasteiger partial charge on any atom is -0.383 e. The van der Waals surface area contributed by atoms with Gasteiger partial charge in [0.15, 0.2) is 0 Å². The molecule has 1 atom stereocenters. The Bertz CT molecular complexity index is 594. The van der Waals surface area contributed by atoms with Gasteiger partial charge >= 0.3 is 0 Å². The van der Waals surface area contributed by atoms with Crippen molar-refractivity contribution in [2.75, 3.05) is 32.9 Å². The fourth-order valence-electron chi connectivity index (χ4n) is 2.79. The van der Waals surface area contributed by atoms with Crippen molar-refractivity contribution in [3.63, 3.8) is 0 Å². The van der Waals surface area contributed by atoms with Crippen LogP contribution in [0.25, 0.3) is 10.2 Å². The Kier molecular flexibility index (Phi) is 3.87. The Labute approximate surface area is 123 Å². The third kappa shape index (κ3) is 2.77. The van der Waals surface area contributed by atoms with Crippen LogP contribution in [0.2, 0.25) is 0 Å². The Morgan fingerprint density at radius 1 is 1.45 bits per heavy atom. The first kappa shape index (κ1) is 13.7. The average molecular weight is 291 g/mol. The third-order valence-electron chi connectivity index (χ3n) is 3.98. The molecule has 0 radical (unpaired) electrons. The molecule has 2 N–H and O–H groups in total. The quantitative estimate of drug-likeness (QED) is 0.934. The maximum Gasteiger partial charge on any atom is 0.146 e. The highest BCUT2D eigenvalue weighted by Crippen LogP contribution is 2.23. The van der Waals surface area contributed by atoms with Crippen LogP contribution in [0.4, 0.5) is 5.82 Å². The number of nitrogens with two attached hydrogens (primary N) is 1. The minimum atomic E-state index is 0.604. The maximum atomic E-state index is 6.01. The summed E-state index contributed by atoms with van der Waals surface area (Å²) in [6.45, 7) is 3.00. The van der Waals surface area contributed by atoms with E-state index in [1.807, 2.05) is 11.4 Å². The fourth-order valence-corrected chi connectivity index (χ4v) is 3.58. The van der Waals surface area contributed by atoms with Gasteiger partial charge in [-0.3, -0.25) is 4.90 Å². The summed E-state index contributed by atoms with van der Waals surface area (Å²) in [4.78, 5) is 14.8. The molecule has 1 aliphatic heterocycles. The lowest BCUT2D eigenvalue weighted by molar-refractivity contribution is 0.126. The molecule has 0 spiro atoms. The molecule has 1 fully saturated rings. The molecular weight excluding hydrogens is 270 g/mol.